The Hall–Kier alpha value is -1.15. The molecule has 13 heavy (non-hydrogen) atoms. The zero-order valence-electron chi connectivity index (χ0n) is 8.24. The fraction of sp³-hybridized carbons (Fsp3) is 0.778. The molecular formula is C9H15NO3. The summed E-state index contributed by atoms with van der Waals surface area (Å²) < 4.78 is 4.77. The number of isocyanates is 1. The van der Waals surface area contributed by atoms with Crippen molar-refractivity contribution in [3.63, 3.8) is 0 Å². The fourth-order valence-electron chi connectivity index (χ4n) is 0.920. The van der Waals surface area contributed by atoms with Crippen molar-refractivity contribution in [3.8, 4) is 0 Å². The Morgan fingerprint density at radius 1 is 1.54 bits per heavy atom. The molecule has 4 nitrogen and oxygen atoms in total. The first-order valence-electron chi connectivity index (χ1n) is 4.40. The maximum absolute atomic E-state index is 11.2. The van der Waals surface area contributed by atoms with Crippen LogP contribution < -0.4 is 0 Å². The summed E-state index contributed by atoms with van der Waals surface area (Å²) in [6, 6.07) is -0.692. The van der Waals surface area contributed by atoms with Gasteiger partial charge in [0.2, 0.25) is 6.08 Å². The van der Waals surface area contributed by atoms with Gasteiger partial charge in [-0.1, -0.05) is 20.3 Å². The van der Waals surface area contributed by atoms with Crippen molar-refractivity contribution in [2.45, 2.75) is 33.2 Å². The number of nitrogens with zero attached hydrogens (tertiary/aromatic N) is 1. The van der Waals surface area contributed by atoms with Crippen LogP contribution in [0.5, 0.6) is 0 Å². The van der Waals surface area contributed by atoms with Gasteiger partial charge < -0.3 is 4.74 Å². The second kappa shape index (κ2) is 6.38. The van der Waals surface area contributed by atoms with Gasteiger partial charge in [-0.3, -0.25) is 0 Å². The molecule has 4 heteroatoms. The lowest BCUT2D eigenvalue weighted by molar-refractivity contribution is -0.145. The average molecular weight is 185 g/mol. The van der Waals surface area contributed by atoms with Crippen LogP contribution in [0.2, 0.25) is 0 Å². The molecule has 0 bridgehead atoms. The van der Waals surface area contributed by atoms with Crippen molar-refractivity contribution in [1.29, 1.82) is 0 Å². The van der Waals surface area contributed by atoms with Crippen LogP contribution >= 0.6 is 0 Å². The summed E-state index contributed by atoms with van der Waals surface area (Å²) in [6.07, 6.45) is 2.17. The summed E-state index contributed by atoms with van der Waals surface area (Å²) in [5, 5.41) is 0. The Balaban J connectivity index is 4.40. The largest absolute Gasteiger partial charge is 0.464 e. The summed E-state index contributed by atoms with van der Waals surface area (Å²) >= 11 is 0. The number of hydrogen-bond acceptors (Lipinski definition) is 4. The Morgan fingerprint density at radius 3 is 2.54 bits per heavy atom. The molecule has 0 radical (unpaired) electrons. The van der Waals surface area contributed by atoms with E-state index in [2.05, 4.69) is 4.99 Å². The topological polar surface area (TPSA) is 55.7 Å². The first-order valence-corrected chi connectivity index (χ1v) is 4.40. The summed E-state index contributed by atoms with van der Waals surface area (Å²) in [5.41, 5.74) is 0. The number of rotatable bonds is 5. The molecule has 0 spiro atoms. The summed E-state index contributed by atoms with van der Waals surface area (Å²) in [5.74, 6) is -0.430. The minimum absolute atomic E-state index is 0.0144. The molecule has 74 valence electrons. The lowest BCUT2D eigenvalue weighted by Crippen LogP contribution is -2.27. The molecule has 0 aromatic heterocycles. The van der Waals surface area contributed by atoms with Crippen LogP contribution in [-0.2, 0) is 14.3 Å². The van der Waals surface area contributed by atoms with E-state index in [4.69, 9.17) is 4.74 Å². The predicted octanol–water partition coefficient (Wildman–Crippen LogP) is 1.30. The molecule has 0 aromatic rings. The van der Waals surface area contributed by atoms with E-state index >= 15 is 0 Å². The van der Waals surface area contributed by atoms with Gasteiger partial charge >= 0.3 is 5.97 Å². The van der Waals surface area contributed by atoms with Crippen molar-refractivity contribution in [1.82, 2.24) is 0 Å². The highest BCUT2D eigenvalue weighted by Crippen LogP contribution is 2.12. The van der Waals surface area contributed by atoms with Crippen LogP contribution in [-0.4, -0.2) is 24.7 Å². The van der Waals surface area contributed by atoms with Crippen molar-refractivity contribution >= 4 is 12.0 Å². The maximum atomic E-state index is 11.2. The van der Waals surface area contributed by atoms with Gasteiger partial charge in [-0.25, -0.2) is 9.59 Å². The second-order valence-electron chi connectivity index (χ2n) is 2.80. The third-order valence-corrected chi connectivity index (χ3v) is 1.90. The first-order chi connectivity index (χ1) is 6.17. The van der Waals surface area contributed by atoms with Gasteiger partial charge in [0, 0.05) is 0 Å². The Morgan fingerprint density at radius 2 is 2.15 bits per heavy atom. The quantitative estimate of drug-likeness (QED) is 0.368. The number of ether oxygens (including phenoxy) is 1. The Kier molecular flexibility index (Phi) is 5.81. The van der Waals surface area contributed by atoms with E-state index in [9.17, 15) is 9.59 Å². The van der Waals surface area contributed by atoms with Gasteiger partial charge in [-0.2, -0.15) is 4.99 Å². The highest BCUT2D eigenvalue weighted by Gasteiger charge is 2.24. The second-order valence-corrected chi connectivity index (χ2v) is 2.80. The summed E-state index contributed by atoms with van der Waals surface area (Å²) in [6.45, 7) is 5.80. The smallest absolute Gasteiger partial charge is 0.332 e. The number of aliphatic imine (C=N–C) groups is 1. The zero-order chi connectivity index (χ0) is 10.3. The summed E-state index contributed by atoms with van der Waals surface area (Å²) in [7, 11) is 0. The van der Waals surface area contributed by atoms with Gasteiger partial charge in [0.05, 0.1) is 6.61 Å². The number of carbonyl (C=O) groups excluding carboxylic acids is 2. The van der Waals surface area contributed by atoms with Gasteiger partial charge in [0.1, 0.15) is 0 Å². The van der Waals surface area contributed by atoms with E-state index in [1.54, 1.807) is 6.92 Å². The molecule has 0 rings (SSSR count). The number of esters is 1. The molecule has 0 N–H and O–H groups in total. The van der Waals surface area contributed by atoms with Gasteiger partial charge in [0.25, 0.3) is 0 Å². The van der Waals surface area contributed by atoms with Crippen LogP contribution in [0.25, 0.3) is 0 Å². The van der Waals surface area contributed by atoms with Gasteiger partial charge in [0.15, 0.2) is 6.04 Å². The van der Waals surface area contributed by atoms with Crippen molar-refractivity contribution < 1.29 is 14.3 Å². The molecule has 0 saturated carbocycles. The van der Waals surface area contributed by atoms with E-state index in [-0.39, 0.29) is 5.92 Å². The molecule has 0 fully saturated rings. The lowest BCUT2D eigenvalue weighted by Gasteiger charge is -2.14. The number of carbonyl (C=O) groups is 1. The van der Waals surface area contributed by atoms with Crippen LogP contribution in [0.15, 0.2) is 4.99 Å². The fourth-order valence-corrected chi connectivity index (χ4v) is 0.920. The Bertz CT molecular complexity index is 209. The van der Waals surface area contributed by atoms with Crippen molar-refractivity contribution in [2.24, 2.45) is 10.9 Å². The third kappa shape index (κ3) is 3.85. The summed E-state index contributed by atoms with van der Waals surface area (Å²) in [4.78, 5) is 24.7. The molecule has 0 heterocycles. The van der Waals surface area contributed by atoms with Gasteiger partial charge in [-0.15, -0.1) is 0 Å². The van der Waals surface area contributed by atoms with Crippen LogP contribution in [0.1, 0.15) is 27.2 Å². The third-order valence-electron chi connectivity index (χ3n) is 1.90. The molecule has 0 saturated heterocycles. The molecule has 0 amide bonds. The van der Waals surface area contributed by atoms with E-state index in [0.29, 0.717) is 6.61 Å². The van der Waals surface area contributed by atoms with Gasteiger partial charge in [-0.05, 0) is 12.8 Å². The standard InChI is InChI=1S/C9H15NO3/c1-4-7(3)8(10-6-11)9(12)13-5-2/h7-8H,4-5H2,1-3H3/t7-,8-/m0/s1. The minimum Gasteiger partial charge on any atom is -0.464 e. The highest BCUT2D eigenvalue weighted by molar-refractivity contribution is 5.77. The van der Waals surface area contributed by atoms with E-state index < -0.39 is 12.0 Å². The molecular weight excluding hydrogens is 170 g/mol. The van der Waals surface area contributed by atoms with E-state index in [1.807, 2.05) is 13.8 Å². The normalized spacial score (nSPS) is 14.1. The van der Waals surface area contributed by atoms with Crippen molar-refractivity contribution in [2.75, 3.05) is 6.61 Å². The van der Waals surface area contributed by atoms with Crippen LogP contribution in [0, 0.1) is 5.92 Å². The predicted molar refractivity (Wildman–Crippen MR) is 48.0 cm³/mol. The lowest BCUT2D eigenvalue weighted by atomic mass is 10.0. The minimum atomic E-state index is -0.692. The molecule has 0 aliphatic carbocycles. The molecule has 0 unspecified atom stereocenters. The number of hydrogen-bond donors (Lipinski definition) is 0. The molecule has 2 atom stereocenters. The SMILES string of the molecule is CCOC(=O)[C@@H](N=C=O)[C@@H](C)CC. The molecule has 0 aromatic carbocycles. The zero-order valence-corrected chi connectivity index (χ0v) is 8.24. The van der Waals surface area contributed by atoms with E-state index in [0.717, 1.165) is 6.42 Å². The monoisotopic (exact) mass is 185 g/mol. The molecule has 0 aliphatic rings. The Labute approximate surface area is 78.0 Å². The van der Waals surface area contributed by atoms with Crippen LogP contribution in [0.3, 0.4) is 0 Å². The molecule has 0 aliphatic heterocycles. The van der Waals surface area contributed by atoms with Crippen LogP contribution in [0.4, 0.5) is 0 Å². The average Bonchev–Trinajstić information content (AvgIpc) is 2.13. The van der Waals surface area contributed by atoms with Crippen molar-refractivity contribution in [3.05, 3.63) is 0 Å². The van der Waals surface area contributed by atoms with E-state index in [1.165, 1.54) is 6.08 Å². The first kappa shape index (κ1) is 11.8. The maximum Gasteiger partial charge on any atom is 0.332 e. The highest BCUT2D eigenvalue weighted by atomic mass is 16.5.